The molecular formula is C5H6N2O2. The Bertz CT molecular complexity index is 193. The molecule has 48 valence electrons. The van der Waals surface area contributed by atoms with Crippen molar-refractivity contribution in [2.75, 3.05) is 5.32 Å². The summed E-state index contributed by atoms with van der Waals surface area (Å²) >= 11 is 0. The lowest BCUT2D eigenvalue weighted by atomic mass is 10.6. The summed E-state index contributed by atoms with van der Waals surface area (Å²) in [5.74, 6) is 0.298. The maximum absolute atomic E-state index is 10.3. The van der Waals surface area contributed by atoms with Gasteiger partial charge in [-0.15, -0.1) is 0 Å². The van der Waals surface area contributed by atoms with E-state index in [9.17, 15) is 4.79 Å². The third kappa shape index (κ3) is 1.56. The monoisotopic (exact) mass is 126 g/mol. The molecule has 1 N–H and O–H groups in total. The fourth-order valence-electron chi connectivity index (χ4n) is 0.457. The number of aromatic nitrogens is 1. The van der Waals surface area contributed by atoms with E-state index >= 15 is 0 Å². The van der Waals surface area contributed by atoms with E-state index in [1.165, 1.54) is 13.2 Å². The Morgan fingerprint density at radius 3 is 3.11 bits per heavy atom. The van der Waals surface area contributed by atoms with Gasteiger partial charge in [-0.2, -0.15) is 0 Å². The van der Waals surface area contributed by atoms with Crippen LogP contribution in [0.5, 0.6) is 0 Å². The second-order valence-electron chi connectivity index (χ2n) is 1.57. The van der Waals surface area contributed by atoms with E-state index < -0.39 is 0 Å². The minimum absolute atomic E-state index is 0.149. The van der Waals surface area contributed by atoms with Crippen molar-refractivity contribution in [2.24, 2.45) is 0 Å². The van der Waals surface area contributed by atoms with Gasteiger partial charge in [-0.3, -0.25) is 4.79 Å². The van der Waals surface area contributed by atoms with E-state index in [1.54, 1.807) is 6.07 Å². The van der Waals surface area contributed by atoms with Crippen molar-refractivity contribution in [1.82, 2.24) is 5.16 Å². The molecule has 0 aliphatic rings. The highest BCUT2D eigenvalue weighted by molar-refractivity contribution is 5.87. The van der Waals surface area contributed by atoms with Crippen LogP contribution < -0.4 is 5.32 Å². The van der Waals surface area contributed by atoms with Crippen LogP contribution in [0, 0.1) is 0 Å². The summed E-state index contributed by atoms with van der Waals surface area (Å²) in [6, 6.07) is 1.57. The maximum atomic E-state index is 10.3. The summed E-state index contributed by atoms with van der Waals surface area (Å²) in [7, 11) is 0. The zero-order chi connectivity index (χ0) is 6.69. The first kappa shape index (κ1) is 5.81. The predicted molar refractivity (Wildman–Crippen MR) is 30.8 cm³/mol. The highest BCUT2D eigenvalue weighted by atomic mass is 16.5. The average Bonchev–Trinajstić information content (AvgIpc) is 2.15. The van der Waals surface area contributed by atoms with Crippen LogP contribution in [0.3, 0.4) is 0 Å². The van der Waals surface area contributed by atoms with Crippen molar-refractivity contribution in [3.8, 4) is 0 Å². The summed E-state index contributed by atoms with van der Waals surface area (Å²) in [4.78, 5) is 10.3. The minimum Gasteiger partial charge on any atom is -0.363 e. The summed E-state index contributed by atoms with van der Waals surface area (Å²) in [5.41, 5.74) is 0. The molecule has 0 saturated carbocycles. The van der Waals surface area contributed by atoms with Gasteiger partial charge in [0.15, 0.2) is 5.82 Å². The Morgan fingerprint density at radius 2 is 2.67 bits per heavy atom. The molecule has 0 bridgehead atoms. The molecule has 0 aromatic carbocycles. The number of amides is 1. The molecule has 1 aromatic heterocycles. The van der Waals surface area contributed by atoms with Crippen molar-refractivity contribution in [1.29, 1.82) is 0 Å². The molecule has 1 amide bonds. The largest absolute Gasteiger partial charge is 0.363 e. The van der Waals surface area contributed by atoms with Gasteiger partial charge < -0.3 is 9.84 Å². The molecule has 4 heteroatoms. The Morgan fingerprint density at radius 1 is 1.89 bits per heavy atom. The Hall–Kier alpha value is -1.32. The molecule has 9 heavy (non-hydrogen) atoms. The fourth-order valence-corrected chi connectivity index (χ4v) is 0.457. The first-order valence-corrected chi connectivity index (χ1v) is 2.47. The number of carbonyl (C=O) groups is 1. The average molecular weight is 126 g/mol. The van der Waals surface area contributed by atoms with Gasteiger partial charge in [0.1, 0.15) is 6.26 Å². The van der Waals surface area contributed by atoms with Crippen molar-refractivity contribution in [3.05, 3.63) is 12.3 Å². The van der Waals surface area contributed by atoms with E-state index in [4.69, 9.17) is 0 Å². The first-order valence-electron chi connectivity index (χ1n) is 2.47. The van der Waals surface area contributed by atoms with Crippen LogP contribution in [0.2, 0.25) is 0 Å². The van der Waals surface area contributed by atoms with Gasteiger partial charge in [0.25, 0.3) is 0 Å². The van der Waals surface area contributed by atoms with Crippen LogP contribution >= 0.6 is 0 Å². The summed E-state index contributed by atoms with van der Waals surface area (Å²) in [5, 5.41) is 5.89. The third-order valence-electron chi connectivity index (χ3n) is 0.742. The Balaban J connectivity index is 2.58. The molecule has 0 aliphatic carbocycles. The second kappa shape index (κ2) is 2.30. The highest BCUT2D eigenvalue weighted by Gasteiger charge is 1.94. The molecule has 1 aromatic rings. The van der Waals surface area contributed by atoms with Gasteiger partial charge in [0.05, 0.1) is 0 Å². The number of hydrogen-bond acceptors (Lipinski definition) is 3. The molecule has 1 rings (SSSR count). The zero-order valence-corrected chi connectivity index (χ0v) is 4.92. The van der Waals surface area contributed by atoms with Crippen LogP contribution in [-0.2, 0) is 4.79 Å². The number of rotatable bonds is 1. The Kier molecular flexibility index (Phi) is 1.48. The number of nitrogens with one attached hydrogen (secondary N) is 1. The maximum Gasteiger partial charge on any atom is 0.222 e. The smallest absolute Gasteiger partial charge is 0.222 e. The molecule has 1 heterocycles. The van der Waals surface area contributed by atoms with Crippen LogP contribution in [0.4, 0.5) is 5.82 Å². The van der Waals surface area contributed by atoms with Gasteiger partial charge in [-0.05, 0) is 0 Å². The molecule has 0 unspecified atom stereocenters. The van der Waals surface area contributed by atoms with Crippen LogP contribution in [0.15, 0.2) is 16.9 Å². The first-order chi connectivity index (χ1) is 4.29. The standard InChI is InChI=1S/C5H6N2O2/c1-4(8)6-5-2-3-9-7-5/h2-3H,1H3,(H,6,7,8). The normalized spacial score (nSPS) is 9.00. The van der Waals surface area contributed by atoms with E-state index in [2.05, 4.69) is 15.0 Å². The molecule has 0 spiro atoms. The van der Waals surface area contributed by atoms with Gasteiger partial charge >= 0.3 is 0 Å². The van der Waals surface area contributed by atoms with Crippen molar-refractivity contribution in [3.63, 3.8) is 0 Å². The van der Waals surface area contributed by atoms with Crippen LogP contribution in [-0.4, -0.2) is 11.1 Å². The summed E-state index contributed by atoms with van der Waals surface area (Å²) < 4.78 is 4.45. The third-order valence-corrected chi connectivity index (χ3v) is 0.742. The second-order valence-corrected chi connectivity index (χ2v) is 1.57. The van der Waals surface area contributed by atoms with Crippen LogP contribution in [0.1, 0.15) is 6.92 Å². The van der Waals surface area contributed by atoms with Gasteiger partial charge in [-0.1, -0.05) is 5.16 Å². The Labute approximate surface area is 51.8 Å². The molecule has 0 fully saturated rings. The van der Waals surface area contributed by atoms with Gasteiger partial charge in [0.2, 0.25) is 5.91 Å². The highest BCUT2D eigenvalue weighted by Crippen LogP contribution is 1.99. The van der Waals surface area contributed by atoms with E-state index in [0.717, 1.165) is 0 Å². The predicted octanol–water partition coefficient (Wildman–Crippen LogP) is 0.633. The molecule has 0 saturated heterocycles. The van der Waals surface area contributed by atoms with Gasteiger partial charge in [-0.25, -0.2) is 0 Å². The lowest BCUT2D eigenvalue weighted by molar-refractivity contribution is -0.114. The lowest BCUT2D eigenvalue weighted by Gasteiger charge is -1.89. The van der Waals surface area contributed by atoms with E-state index in [0.29, 0.717) is 5.82 Å². The summed E-state index contributed by atoms with van der Waals surface area (Å²) in [6.45, 7) is 1.41. The number of nitrogens with zero attached hydrogens (tertiary/aromatic N) is 1. The van der Waals surface area contributed by atoms with Crippen molar-refractivity contribution in [2.45, 2.75) is 6.92 Å². The minimum atomic E-state index is -0.149. The molecule has 0 aliphatic heterocycles. The zero-order valence-electron chi connectivity index (χ0n) is 4.92. The fraction of sp³-hybridized carbons (Fsp3) is 0.200. The van der Waals surface area contributed by atoms with Crippen LogP contribution in [0.25, 0.3) is 0 Å². The number of carbonyl (C=O) groups excluding carboxylic acids is 1. The topological polar surface area (TPSA) is 55.1 Å². The SMILES string of the molecule is CC(=O)Nc1ccon1. The summed E-state index contributed by atoms with van der Waals surface area (Å²) in [6.07, 6.45) is 1.39. The number of hydrogen-bond donors (Lipinski definition) is 1. The van der Waals surface area contributed by atoms with Gasteiger partial charge in [0, 0.05) is 13.0 Å². The molecule has 0 atom stereocenters. The molecular weight excluding hydrogens is 120 g/mol. The quantitative estimate of drug-likeness (QED) is 0.600. The van der Waals surface area contributed by atoms with Crippen molar-refractivity contribution < 1.29 is 9.32 Å². The molecule has 4 nitrogen and oxygen atoms in total. The van der Waals surface area contributed by atoms with E-state index in [1.807, 2.05) is 0 Å². The molecule has 0 radical (unpaired) electrons. The van der Waals surface area contributed by atoms with Crippen molar-refractivity contribution >= 4 is 11.7 Å². The number of anilines is 1. The lowest BCUT2D eigenvalue weighted by Crippen LogP contribution is -2.05. The van der Waals surface area contributed by atoms with E-state index in [-0.39, 0.29) is 5.91 Å².